The number of rotatable bonds is 5. The van der Waals surface area contributed by atoms with Gasteiger partial charge in [-0.3, -0.25) is 4.79 Å². The molecule has 0 aliphatic rings. The van der Waals surface area contributed by atoms with Gasteiger partial charge >= 0.3 is 6.09 Å². The van der Waals surface area contributed by atoms with Crippen LogP contribution in [0.5, 0.6) is 0 Å². The fourth-order valence-electron chi connectivity index (χ4n) is 3.12. The van der Waals surface area contributed by atoms with Crippen LogP contribution in [0, 0.1) is 23.2 Å². The van der Waals surface area contributed by atoms with Crippen molar-refractivity contribution < 1.29 is 14.3 Å². The molecule has 168 valence electrons. The number of aromatic nitrogens is 1. The SMILES string of the molecule is CC(C)(C)OC(=O)NCC#Cc1ccc(C(=O)NCCc2ccc3[nH]cc(C#N)c3c2)cc1. The molecule has 0 spiro atoms. The summed E-state index contributed by atoms with van der Waals surface area (Å²) in [5.41, 5.74) is 3.31. The monoisotopic (exact) mass is 442 g/mol. The number of benzene rings is 2. The normalized spacial score (nSPS) is 10.6. The highest BCUT2D eigenvalue weighted by Crippen LogP contribution is 2.19. The Morgan fingerprint density at radius 2 is 1.85 bits per heavy atom. The number of carbonyl (C=O) groups is 2. The first-order valence-electron chi connectivity index (χ1n) is 10.6. The lowest BCUT2D eigenvalue weighted by molar-refractivity contribution is 0.0535. The molecule has 0 radical (unpaired) electrons. The molecule has 33 heavy (non-hydrogen) atoms. The van der Waals surface area contributed by atoms with Gasteiger partial charge in [-0.25, -0.2) is 4.79 Å². The van der Waals surface area contributed by atoms with Crippen LogP contribution in [0.2, 0.25) is 0 Å². The number of amides is 2. The smallest absolute Gasteiger partial charge is 0.408 e. The standard InChI is InChI=1S/C26H26N4O3/c1-26(2,3)33-25(32)29-13-4-5-18-6-9-20(10-7-18)24(31)28-14-12-19-8-11-23-22(15-19)21(16-27)17-30-23/h6-11,15,17,30H,12-14H2,1-3H3,(H,28,31)(H,29,32). The van der Waals surface area contributed by atoms with Gasteiger partial charge in [-0.2, -0.15) is 5.26 Å². The molecule has 0 fully saturated rings. The summed E-state index contributed by atoms with van der Waals surface area (Å²) in [5.74, 6) is 5.63. The summed E-state index contributed by atoms with van der Waals surface area (Å²) in [7, 11) is 0. The van der Waals surface area contributed by atoms with E-state index in [1.807, 2.05) is 18.2 Å². The molecule has 2 aromatic carbocycles. The number of ether oxygens (including phenoxy) is 1. The van der Waals surface area contributed by atoms with Crippen LogP contribution < -0.4 is 10.6 Å². The zero-order chi connectivity index (χ0) is 23.8. The Kier molecular flexibility index (Phi) is 7.38. The van der Waals surface area contributed by atoms with E-state index in [0.717, 1.165) is 22.0 Å². The molecule has 7 heteroatoms. The van der Waals surface area contributed by atoms with E-state index in [1.165, 1.54) is 0 Å². The average Bonchev–Trinajstić information content (AvgIpc) is 3.18. The van der Waals surface area contributed by atoms with Gasteiger partial charge in [0.25, 0.3) is 5.91 Å². The van der Waals surface area contributed by atoms with E-state index >= 15 is 0 Å². The Hall–Kier alpha value is -4.23. The molecule has 0 unspecified atom stereocenters. The lowest BCUT2D eigenvalue weighted by atomic mass is 10.1. The zero-order valence-corrected chi connectivity index (χ0v) is 18.9. The number of nitriles is 1. The predicted octanol–water partition coefficient (Wildman–Crippen LogP) is 3.89. The van der Waals surface area contributed by atoms with Crippen LogP contribution in [0.15, 0.2) is 48.7 Å². The number of fused-ring (bicyclic) bond motifs is 1. The maximum atomic E-state index is 12.4. The van der Waals surface area contributed by atoms with Gasteiger partial charge in [0.05, 0.1) is 12.1 Å². The minimum absolute atomic E-state index is 0.165. The summed E-state index contributed by atoms with van der Waals surface area (Å²) in [6.45, 7) is 6.03. The largest absolute Gasteiger partial charge is 0.444 e. The van der Waals surface area contributed by atoms with Gasteiger partial charge in [0.2, 0.25) is 0 Å². The first-order chi connectivity index (χ1) is 15.7. The highest BCUT2D eigenvalue weighted by molar-refractivity contribution is 5.94. The molecule has 3 aromatic rings. The van der Waals surface area contributed by atoms with Gasteiger partial charge in [0.15, 0.2) is 0 Å². The van der Waals surface area contributed by atoms with E-state index in [-0.39, 0.29) is 12.5 Å². The highest BCUT2D eigenvalue weighted by atomic mass is 16.6. The van der Waals surface area contributed by atoms with Crippen molar-refractivity contribution >= 4 is 22.9 Å². The quantitative estimate of drug-likeness (QED) is 0.521. The third-order valence-electron chi connectivity index (χ3n) is 4.67. The number of hydrogen-bond acceptors (Lipinski definition) is 4. The first-order valence-corrected chi connectivity index (χ1v) is 10.6. The Bertz CT molecular complexity index is 1250. The third-order valence-corrected chi connectivity index (χ3v) is 4.67. The van der Waals surface area contributed by atoms with E-state index in [9.17, 15) is 14.9 Å². The van der Waals surface area contributed by atoms with E-state index in [2.05, 4.69) is 33.5 Å². The lowest BCUT2D eigenvalue weighted by Gasteiger charge is -2.18. The van der Waals surface area contributed by atoms with Crippen molar-refractivity contribution in [1.82, 2.24) is 15.6 Å². The molecule has 0 saturated heterocycles. The van der Waals surface area contributed by atoms with Crippen LogP contribution in [-0.2, 0) is 11.2 Å². The van der Waals surface area contributed by atoms with Gasteiger partial charge in [-0.15, -0.1) is 0 Å². The van der Waals surface area contributed by atoms with Crippen molar-refractivity contribution in [2.75, 3.05) is 13.1 Å². The van der Waals surface area contributed by atoms with Crippen molar-refractivity contribution in [2.45, 2.75) is 32.8 Å². The topological polar surface area (TPSA) is 107 Å². The Balaban J connectivity index is 1.47. The van der Waals surface area contributed by atoms with Crippen molar-refractivity contribution in [3.8, 4) is 17.9 Å². The summed E-state index contributed by atoms with van der Waals surface area (Å²) in [4.78, 5) is 27.1. The fraction of sp³-hybridized carbons (Fsp3) is 0.269. The maximum absolute atomic E-state index is 12.4. The van der Waals surface area contributed by atoms with Gasteiger partial charge in [-0.05, 0) is 69.2 Å². The Labute approximate surface area is 193 Å². The highest BCUT2D eigenvalue weighted by Gasteiger charge is 2.15. The van der Waals surface area contributed by atoms with Crippen LogP contribution in [0.1, 0.15) is 47.8 Å². The summed E-state index contributed by atoms with van der Waals surface area (Å²) < 4.78 is 5.14. The summed E-state index contributed by atoms with van der Waals surface area (Å²) in [6.07, 6.45) is 1.84. The second-order valence-corrected chi connectivity index (χ2v) is 8.43. The number of nitrogens with one attached hydrogen (secondary N) is 3. The van der Waals surface area contributed by atoms with Crippen LogP contribution in [-0.4, -0.2) is 35.7 Å². The number of nitrogens with zero attached hydrogens (tertiary/aromatic N) is 1. The molecule has 0 aliphatic carbocycles. The van der Waals surface area contributed by atoms with E-state index in [1.54, 1.807) is 51.2 Å². The molecule has 0 atom stereocenters. The minimum Gasteiger partial charge on any atom is -0.444 e. The number of alkyl carbamates (subject to hydrolysis) is 1. The number of H-pyrrole nitrogens is 1. The summed E-state index contributed by atoms with van der Waals surface area (Å²) >= 11 is 0. The molecule has 7 nitrogen and oxygen atoms in total. The third kappa shape index (κ3) is 6.88. The molecular formula is C26H26N4O3. The van der Waals surface area contributed by atoms with Crippen molar-refractivity contribution in [3.05, 3.63) is 70.9 Å². The molecule has 3 rings (SSSR count). The van der Waals surface area contributed by atoms with E-state index in [4.69, 9.17) is 4.74 Å². The average molecular weight is 443 g/mol. The second-order valence-electron chi connectivity index (χ2n) is 8.43. The Morgan fingerprint density at radius 1 is 1.09 bits per heavy atom. The second kappa shape index (κ2) is 10.4. The number of aromatic amines is 1. The minimum atomic E-state index is -0.551. The molecule has 2 amide bonds. The van der Waals surface area contributed by atoms with Gasteiger partial charge < -0.3 is 20.4 Å². The zero-order valence-electron chi connectivity index (χ0n) is 18.9. The number of carbonyl (C=O) groups excluding carboxylic acids is 2. The first kappa shape index (κ1) is 23.4. The summed E-state index contributed by atoms with van der Waals surface area (Å²) in [5, 5.41) is 15.5. The number of hydrogen-bond donors (Lipinski definition) is 3. The molecule has 3 N–H and O–H groups in total. The van der Waals surface area contributed by atoms with Crippen LogP contribution in [0.3, 0.4) is 0 Å². The lowest BCUT2D eigenvalue weighted by Crippen LogP contribution is -2.32. The van der Waals surface area contributed by atoms with Gasteiger partial charge in [0.1, 0.15) is 11.7 Å². The van der Waals surface area contributed by atoms with Gasteiger partial charge in [-0.1, -0.05) is 17.9 Å². The van der Waals surface area contributed by atoms with Crippen molar-refractivity contribution in [1.29, 1.82) is 5.26 Å². The van der Waals surface area contributed by atoms with Crippen molar-refractivity contribution in [3.63, 3.8) is 0 Å². The van der Waals surface area contributed by atoms with E-state index < -0.39 is 11.7 Å². The molecule has 0 bridgehead atoms. The molecule has 0 aliphatic heterocycles. The van der Waals surface area contributed by atoms with Crippen molar-refractivity contribution in [2.24, 2.45) is 0 Å². The molecule has 1 aromatic heterocycles. The van der Waals surface area contributed by atoms with E-state index in [0.29, 0.717) is 24.1 Å². The maximum Gasteiger partial charge on any atom is 0.408 e. The van der Waals surface area contributed by atoms with Crippen LogP contribution in [0.25, 0.3) is 10.9 Å². The molecular weight excluding hydrogens is 416 g/mol. The fourth-order valence-corrected chi connectivity index (χ4v) is 3.12. The summed E-state index contributed by atoms with van der Waals surface area (Å²) in [6, 6.07) is 15.0. The Morgan fingerprint density at radius 3 is 2.55 bits per heavy atom. The predicted molar refractivity (Wildman–Crippen MR) is 127 cm³/mol. The van der Waals surface area contributed by atoms with Gasteiger partial charge in [0, 0.05) is 34.8 Å². The molecule has 1 heterocycles. The van der Waals surface area contributed by atoms with Crippen LogP contribution in [0.4, 0.5) is 4.79 Å². The van der Waals surface area contributed by atoms with Crippen LogP contribution >= 0.6 is 0 Å². The molecule has 0 saturated carbocycles.